The van der Waals surface area contributed by atoms with Crippen molar-refractivity contribution in [2.75, 3.05) is 0 Å². The van der Waals surface area contributed by atoms with Crippen LogP contribution in [-0.2, 0) is 6.54 Å². The molecule has 1 N–H and O–H groups in total. The molecule has 0 spiro atoms. The molecule has 2 heterocycles. The summed E-state index contributed by atoms with van der Waals surface area (Å²) in [5, 5.41) is 7.53. The maximum atomic E-state index is 14.6. The number of halogens is 2. The van der Waals surface area contributed by atoms with Gasteiger partial charge in [0.25, 0.3) is 0 Å². The molecule has 20 heavy (non-hydrogen) atoms. The van der Waals surface area contributed by atoms with E-state index in [0.29, 0.717) is 18.2 Å². The minimum atomic E-state index is -0.334. The Bertz CT molecular complexity index is 622. The van der Waals surface area contributed by atoms with E-state index < -0.39 is 0 Å². The molecule has 2 aromatic rings. The summed E-state index contributed by atoms with van der Waals surface area (Å²) in [6.07, 6.45) is 1.61. The highest BCUT2D eigenvalue weighted by atomic mass is 79.9. The molecule has 0 amide bonds. The normalized spacial score (nSPS) is 11.3. The SMILES string of the molecule is Cc1nn(-c2nccc(CNC(C)C)c2F)c(C)c1Br. The molecular formula is C14H18BrFN4. The number of nitrogens with zero attached hydrogens (tertiary/aromatic N) is 3. The van der Waals surface area contributed by atoms with Gasteiger partial charge in [-0.15, -0.1) is 0 Å². The van der Waals surface area contributed by atoms with Gasteiger partial charge < -0.3 is 5.32 Å². The number of rotatable bonds is 4. The minimum Gasteiger partial charge on any atom is -0.310 e. The zero-order chi connectivity index (χ0) is 14.9. The molecule has 2 aromatic heterocycles. The molecule has 6 heteroatoms. The monoisotopic (exact) mass is 340 g/mol. The van der Waals surface area contributed by atoms with Crippen LogP contribution in [0.2, 0.25) is 0 Å². The predicted octanol–water partition coefficient (Wildman–Crippen LogP) is 3.28. The van der Waals surface area contributed by atoms with Crippen LogP contribution in [0, 0.1) is 19.7 Å². The van der Waals surface area contributed by atoms with Gasteiger partial charge in [0.15, 0.2) is 11.6 Å². The van der Waals surface area contributed by atoms with Crippen molar-refractivity contribution in [1.82, 2.24) is 20.1 Å². The van der Waals surface area contributed by atoms with E-state index in [9.17, 15) is 4.39 Å². The number of nitrogens with one attached hydrogen (secondary N) is 1. The lowest BCUT2D eigenvalue weighted by atomic mass is 10.2. The second-order valence-corrected chi connectivity index (χ2v) is 5.83. The predicted molar refractivity (Wildman–Crippen MR) is 80.5 cm³/mol. The number of aryl methyl sites for hydroxylation is 1. The third-order valence-electron chi connectivity index (χ3n) is 3.06. The van der Waals surface area contributed by atoms with Crippen molar-refractivity contribution < 1.29 is 4.39 Å². The first kappa shape index (κ1) is 15.1. The fraction of sp³-hybridized carbons (Fsp3) is 0.429. The van der Waals surface area contributed by atoms with Gasteiger partial charge in [-0.1, -0.05) is 13.8 Å². The molecule has 0 saturated heterocycles. The van der Waals surface area contributed by atoms with Crippen molar-refractivity contribution in [3.8, 4) is 5.82 Å². The van der Waals surface area contributed by atoms with Crippen molar-refractivity contribution in [2.45, 2.75) is 40.3 Å². The standard InChI is InChI=1S/C14H18BrFN4/c1-8(2)18-7-11-5-6-17-14(13(11)16)20-10(4)12(15)9(3)19-20/h5-6,8,18H,7H2,1-4H3. The van der Waals surface area contributed by atoms with E-state index in [2.05, 4.69) is 31.3 Å². The zero-order valence-corrected chi connectivity index (χ0v) is 13.6. The van der Waals surface area contributed by atoms with Gasteiger partial charge in [0, 0.05) is 24.3 Å². The number of aromatic nitrogens is 3. The highest BCUT2D eigenvalue weighted by Crippen LogP contribution is 2.24. The Kier molecular flexibility index (Phi) is 4.55. The largest absolute Gasteiger partial charge is 0.310 e. The summed E-state index contributed by atoms with van der Waals surface area (Å²) in [4.78, 5) is 4.13. The fourth-order valence-electron chi connectivity index (χ4n) is 1.90. The van der Waals surface area contributed by atoms with E-state index >= 15 is 0 Å². The number of hydrogen-bond donors (Lipinski definition) is 1. The fourth-order valence-corrected chi connectivity index (χ4v) is 2.15. The van der Waals surface area contributed by atoms with E-state index in [0.717, 1.165) is 15.9 Å². The van der Waals surface area contributed by atoms with Crippen molar-refractivity contribution in [2.24, 2.45) is 0 Å². The van der Waals surface area contributed by atoms with Crippen LogP contribution in [0.4, 0.5) is 4.39 Å². The first-order valence-electron chi connectivity index (χ1n) is 6.50. The first-order valence-corrected chi connectivity index (χ1v) is 7.30. The van der Waals surface area contributed by atoms with Crippen molar-refractivity contribution in [3.63, 3.8) is 0 Å². The molecule has 0 bridgehead atoms. The summed E-state index contributed by atoms with van der Waals surface area (Å²) in [5.74, 6) is -0.0990. The average molecular weight is 341 g/mol. The van der Waals surface area contributed by atoms with E-state index in [1.165, 1.54) is 4.68 Å². The highest BCUT2D eigenvalue weighted by molar-refractivity contribution is 9.10. The van der Waals surface area contributed by atoms with Crippen molar-refractivity contribution in [3.05, 3.63) is 39.5 Å². The molecule has 0 unspecified atom stereocenters. The van der Waals surface area contributed by atoms with Crippen LogP contribution in [0.25, 0.3) is 5.82 Å². The zero-order valence-electron chi connectivity index (χ0n) is 12.0. The minimum absolute atomic E-state index is 0.236. The summed E-state index contributed by atoms with van der Waals surface area (Å²) >= 11 is 3.44. The summed E-state index contributed by atoms with van der Waals surface area (Å²) in [7, 11) is 0. The van der Waals surface area contributed by atoms with Crippen LogP contribution in [0.5, 0.6) is 0 Å². The molecule has 108 valence electrons. The number of hydrogen-bond acceptors (Lipinski definition) is 3. The van der Waals surface area contributed by atoms with Crippen LogP contribution in [0.1, 0.15) is 30.8 Å². The molecule has 0 aliphatic rings. The lowest BCUT2D eigenvalue weighted by molar-refractivity contribution is 0.541. The van der Waals surface area contributed by atoms with Gasteiger partial charge in [-0.05, 0) is 35.8 Å². The van der Waals surface area contributed by atoms with Gasteiger partial charge in [0.1, 0.15) is 0 Å². The quantitative estimate of drug-likeness (QED) is 0.928. The molecular weight excluding hydrogens is 323 g/mol. The van der Waals surface area contributed by atoms with E-state index in [1.807, 2.05) is 27.7 Å². The molecule has 0 saturated carbocycles. The van der Waals surface area contributed by atoms with Crippen LogP contribution in [0.15, 0.2) is 16.7 Å². The Morgan fingerprint density at radius 1 is 1.40 bits per heavy atom. The summed E-state index contributed by atoms with van der Waals surface area (Å²) in [6.45, 7) is 8.27. The first-order chi connectivity index (χ1) is 9.41. The molecule has 0 aliphatic carbocycles. The highest BCUT2D eigenvalue weighted by Gasteiger charge is 2.17. The Morgan fingerprint density at radius 3 is 2.65 bits per heavy atom. The molecule has 0 atom stereocenters. The Morgan fingerprint density at radius 2 is 2.10 bits per heavy atom. The van der Waals surface area contributed by atoms with E-state index in [1.54, 1.807) is 12.3 Å². The van der Waals surface area contributed by atoms with Gasteiger partial charge in [-0.2, -0.15) is 5.10 Å². The maximum Gasteiger partial charge on any atom is 0.190 e. The van der Waals surface area contributed by atoms with E-state index in [4.69, 9.17) is 0 Å². The third kappa shape index (κ3) is 2.91. The van der Waals surface area contributed by atoms with Gasteiger partial charge in [-0.25, -0.2) is 14.1 Å². The maximum absolute atomic E-state index is 14.6. The topological polar surface area (TPSA) is 42.7 Å². The second kappa shape index (κ2) is 6.01. The van der Waals surface area contributed by atoms with Gasteiger partial charge in [0.2, 0.25) is 0 Å². The lowest BCUT2D eigenvalue weighted by Crippen LogP contribution is -2.23. The molecule has 2 rings (SSSR count). The Balaban J connectivity index is 2.42. The van der Waals surface area contributed by atoms with Gasteiger partial charge in [0.05, 0.1) is 15.9 Å². The summed E-state index contributed by atoms with van der Waals surface area (Å²) in [6, 6.07) is 1.99. The number of pyridine rings is 1. The second-order valence-electron chi connectivity index (χ2n) is 5.04. The molecule has 0 fully saturated rings. The van der Waals surface area contributed by atoms with Crippen LogP contribution >= 0.6 is 15.9 Å². The average Bonchev–Trinajstić information content (AvgIpc) is 2.65. The molecule has 0 radical (unpaired) electrons. The van der Waals surface area contributed by atoms with Crippen LogP contribution in [-0.4, -0.2) is 20.8 Å². The van der Waals surface area contributed by atoms with Gasteiger partial charge >= 0.3 is 0 Å². The molecule has 4 nitrogen and oxygen atoms in total. The van der Waals surface area contributed by atoms with Crippen molar-refractivity contribution in [1.29, 1.82) is 0 Å². The van der Waals surface area contributed by atoms with Crippen LogP contribution in [0.3, 0.4) is 0 Å². The Hall–Kier alpha value is -1.27. The third-order valence-corrected chi connectivity index (χ3v) is 4.20. The summed E-state index contributed by atoms with van der Waals surface area (Å²) < 4.78 is 17.0. The lowest BCUT2D eigenvalue weighted by Gasteiger charge is -2.11. The Labute approximate surface area is 126 Å². The molecule has 0 aliphatic heterocycles. The summed E-state index contributed by atoms with van der Waals surface area (Å²) in [5.41, 5.74) is 2.24. The van der Waals surface area contributed by atoms with Crippen LogP contribution < -0.4 is 5.32 Å². The van der Waals surface area contributed by atoms with Crippen molar-refractivity contribution >= 4 is 15.9 Å². The molecule has 0 aromatic carbocycles. The van der Waals surface area contributed by atoms with E-state index in [-0.39, 0.29) is 11.6 Å². The smallest absolute Gasteiger partial charge is 0.190 e. The van der Waals surface area contributed by atoms with Gasteiger partial charge in [-0.3, -0.25) is 0 Å².